The minimum Gasteiger partial charge on any atom is -0.341 e. The Morgan fingerprint density at radius 1 is 1.06 bits per heavy atom. The van der Waals surface area contributed by atoms with Gasteiger partial charge < -0.3 is 10.2 Å². The Balaban J connectivity index is 1.23. The first-order chi connectivity index (χ1) is 16.4. The van der Waals surface area contributed by atoms with E-state index in [1.54, 1.807) is 23.1 Å². The molecule has 5 rings (SSSR count). The Hall–Kier alpha value is -2.68. The second-order valence-electron chi connectivity index (χ2n) is 8.35. The highest BCUT2D eigenvalue weighted by Crippen LogP contribution is 2.31. The average Bonchev–Trinajstić information content (AvgIpc) is 3.15. The Kier molecular flexibility index (Phi) is 6.46. The zero-order chi connectivity index (χ0) is 23.8. The van der Waals surface area contributed by atoms with Crippen LogP contribution in [0.1, 0.15) is 12.8 Å². The van der Waals surface area contributed by atoms with E-state index in [2.05, 4.69) is 21.2 Å². The molecule has 2 amide bonds. The van der Waals surface area contributed by atoms with Gasteiger partial charge in [-0.25, -0.2) is 0 Å². The lowest BCUT2D eigenvalue weighted by Gasteiger charge is -2.31. The van der Waals surface area contributed by atoms with Gasteiger partial charge in [0.2, 0.25) is 11.8 Å². The number of rotatable bonds is 4. The number of nitrogens with one attached hydrogen (secondary N) is 1. The number of likely N-dealkylation sites (tertiary alicyclic amines) is 1. The van der Waals surface area contributed by atoms with E-state index in [0.717, 1.165) is 37.0 Å². The van der Waals surface area contributed by atoms with Gasteiger partial charge in [-0.05, 0) is 48.6 Å². The molecule has 0 spiro atoms. The van der Waals surface area contributed by atoms with Crippen LogP contribution in [0, 0.1) is 5.92 Å². The Morgan fingerprint density at radius 2 is 1.79 bits per heavy atom. The molecule has 0 radical (unpaired) electrons. The van der Waals surface area contributed by atoms with Crippen molar-refractivity contribution in [1.29, 1.82) is 0 Å². The van der Waals surface area contributed by atoms with Crippen LogP contribution in [0.4, 0.5) is 5.69 Å². The van der Waals surface area contributed by atoms with Gasteiger partial charge in [-0.15, -0.1) is 0 Å². The molecule has 0 atom stereocenters. The predicted octanol–water partition coefficient (Wildman–Crippen LogP) is 5.51. The maximum absolute atomic E-state index is 13.0. The highest BCUT2D eigenvalue weighted by atomic mass is 79.9. The summed E-state index contributed by atoms with van der Waals surface area (Å²) in [5.74, 6) is -0.330. The minimum atomic E-state index is -0.179. The number of thiazole rings is 1. The zero-order valence-corrected chi connectivity index (χ0v) is 21.3. The maximum Gasteiger partial charge on any atom is 0.308 e. The van der Waals surface area contributed by atoms with Crippen molar-refractivity contribution >= 4 is 77.4 Å². The predicted molar refractivity (Wildman–Crippen MR) is 141 cm³/mol. The van der Waals surface area contributed by atoms with Gasteiger partial charge >= 0.3 is 4.87 Å². The molecule has 0 saturated carbocycles. The van der Waals surface area contributed by atoms with E-state index in [1.807, 2.05) is 36.4 Å². The standard InChI is InChI=1S/C25H21BrClN3O3S/c26-19-6-7-20(18-4-2-1-3-17(18)19)28-24(32)15-9-11-29(12-10-15)23(31)14-30-21-13-16(27)5-8-22(21)34-25(30)33/h1-8,13,15H,9-12,14H2,(H,28,32). The van der Waals surface area contributed by atoms with E-state index in [9.17, 15) is 14.4 Å². The van der Waals surface area contributed by atoms with Crippen LogP contribution in [0.15, 0.2) is 63.9 Å². The SMILES string of the molecule is O=C(Nc1ccc(Br)c2ccccc12)C1CCN(C(=O)Cn2c(=O)sc3ccc(Cl)cc32)CC1. The molecule has 1 fully saturated rings. The van der Waals surface area contributed by atoms with E-state index < -0.39 is 0 Å². The van der Waals surface area contributed by atoms with E-state index in [0.29, 0.717) is 36.5 Å². The summed E-state index contributed by atoms with van der Waals surface area (Å²) in [4.78, 5) is 39.9. The van der Waals surface area contributed by atoms with Gasteiger partial charge in [0, 0.05) is 39.6 Å². The van der Waals surface area contributed by atoms with Gasteiger partial charge in [0.05, 0.1) is 10.2 Å². The Morgan fingerprint density at radius 3 is 2.56 bits per heavy atom. The lowest BCUT2D eigenvalue weighted by Crippen LogP contribution is -2.43. The molecule has 0 aliphatic carbocycles. The number of fused-ring (bicyclic) bond motifs is 2. The van der Waals surface area contributed by atoms with Crippen molar-refractivity contribution in [1.82, 2.24) is 9.47 Å². The van der Waals surface area contributed by atoms with Crippen LogP contribution in [0.25, 0.3) is 21.0 Å². The molecule has 174 valence electrons. The number of carbonyl (C=O) groups is 2. The summed E-state index contributed by atoms with van der Waals surface area (Å²) in [5, 5.41) is 5.62. The fourth-order valence-corrected chi connectivity index (χ4v) is 5.93. The minimum absolute atomic E-state index is 0.0269. The normalized spacial score (nSPS) is 14.6. The largest absolute Gasteiger partial charge is 0.341 e. The van der Waals surface area contributed by atoms with Gasteiger partial charge in [-0.2, -0.15) is 0 Å². The van der Waals surface area contributed by atoms with Gasteiger partial charge in [-0.1, -0.05) is 63.1 Å². The summed E-state index contributed by atoms with van der Waals surface area (Å²) < 4.78 is 3.26. The number of anilines is 1. The molecular formula is C25H21BrClN3O3S. The number of carbonyl (C=O) groups excluding carboxylic acids is 2. The van der Waals surface area contributed by atoms with E-state index in [1.165, 1.54) is 4.57 Å². The number of nitrogens with zero attached hydrogens (tertiary/aromatic N) is 2. The van der Waals surface area contributed by atoms with Gasteiger partial charge in [-0.3, -0.25) is 19.0 Å². The third-order valence-electron chi connectivity index (χ3n) is 6.27. The fourth-order valence-electron chi connectivity index (χ4n) is 4.42. The summed E-state index contributed by atoms with van der Waals surface area (Å²) in [5.41, 5.74) is 1.46. The number of piperidine rings is 1. The number of benzene rings is 3. The molecule has 34 heavy (non-hydrogen) atoms. The molecule has 2 heterocycles. The van der Waals surface area contributed by atoms with Gasteiger partial charge in [0.1, 0.15) is 6.54 Å². The highest BCUT2D eigenvalue weighted by Gasteiger charge is 2.28. The lowest BCUT2D eigenvalue weighted by molar-refractivity contribution is -0.135. The van der Waals surface area contributed by atoms with Crippen molar-refractivity contribution in [3.8, 4) is 0 Å². The highest BCUT2D eigenvalue weighted by molar-refractivity contribution is 9.10. The molecule has 9 heteroatoms. The number of halogens is 2. The van der Waals surface area contributed by atoms with Crippen molar-refractivity contribution in [2.75, 3.05) is 18.4 Å². The van der Waals surface area contributed by atoms with Crippen LogP contribution in [0.5, 0.6) is 0 Å². The average molecular weight is 559 g/mol. The molecular weight excluding hydrogens is 538 g/mol. The van der Waals surface area contributed by atoms with Crippen molar-refractivity contribution < 1.29 is 9.59 Å². The van der Waals surface area contributed by atoms with Crippen LogP contribution in [0.3, 0.4) is 0 Å². The third-order valence-corrected chi connectivity index (χ3v) is 8.16. The van der Waals surface area contributed by atoms with Crippen molar-refractivity contribution in [3.63, 3.8) is 0 Å². The van der Waals surface area contributed by atoms with Gasteiger partial charge in [0.25, 0.3) is 0 Å². The molecule has 1 aliphatic rings. The van der Waals surface area contributed by atoms with Crippen molar-refractivity contribution in [2.45, 2.75) is 19.4 Å². The van der Waals surface area contributed by atoms with Crippen LogP contribution in [0.2, 0.25) is 5.02 Å². The summed E-state index contributed by atoms with van der Waals surface area (Å²) in [6.45, 7) is 0.937. The van der Waals surface area contributed by atoms with Crippen LogP contribution >= 0.6 is 38.9 Å². The summed E-state index contributed by atoms with van der Waals surface area (Å²) in [6, 6.07) is 17.0. The third kappa shape index (κ3) is 4.50. The molecule has 1 N–H and O–H groups in total. The first-order valence-corrected chi connectivity index (χ1v) is 12.9. The lowest BCUT2D eigenvalue weighted by atomic mass is 9.95. The molecule has 3 aromatic carbocycles. The first kappa shape index (κ1) is 23.1. The molecule has 6 nitrogen and oxygen atoms in total. The number of hydrogen-bond acceptors (Lipinski definition) is 4. The van der Waals surface area contributed by atoms with E-state index in [-0.39, 0.29) is 29.1 Å². The molecule has 4 aromatic rings. The van der Waals surface area contributed by atoms with Gasteiger partial charge in [0.15, 0.2) is 0 Å². The summed E-state index contributed by atoms with van der Waals surface area (Å²) in [7, 11) is 0. The zero-order valence-electron chi connectivity index (χ0n) is 18.1. The fraction of sp³-hybridized carbons (Fsp3) is 0.240. The van der Waals surface area contributed by atoms with Crippen LogP contribution in [-0.2, 0) is 16.1 Å². The smallest absolute Gasteiger partial charge is 0.308 e. The maximum atomic E-state index is 13.0. The molecule has 1 aromatic heterocycles. The number of hydrogen-bond donors (Lipinski definition) is 1. The molecule has 1 aliphatic heterocycles. The van der Waals surface area contributed by atoms with E-state index >= 15 is 0 Å². The number of amides is 2. The molecule has 0 bridgehead atoms. The monoisotopic (exact) mass is 557 g/mol. The summed E-state index contributed by atoms with van der Waals surface area (Å²) in [6.07, 6.45) is 1.16. The second-order valence-corrected chi connectivity index (χ2v) is 10.6. The second kappa shape index (κ2) is 9.52. The Labute approximate surface area is 213 Å². The van der Waals surface area contributed by atoms with E-state index in [4.69, 9.17) is 11.6 Å². The van der Waals surface area contributed by atoms with Crippen LogP contribution in [-0.4, -0.2) is 34.4 Å². The topological polar surface area (TPSA) is 71.4 Å². The molecule has 0 unspecified atom stereocenters. The van der Waals surface area contributed by atoms with Crippen molar-refractivity contribution in [3.05, 3.63) is 73.8 Å². The van der Waals surface area contributed by atoms with Crippen molar-refractivity contribution in [2.24, 2.45) is 5.92 Å². The first-order valence-electron chi connectivity index (χ1n) is 11.0. The van der Waals surface area contributed by atoms with Crippen LogP contribution < -0.4 is 10.2 Å². The number of aromatic nitrogens is 1. The Bertz CT molecular complexity index is 1470. The quantitative estimate of drug-likeness (QED) is 0.359. The summed E-state index contributed by atoms with van der Waals surface area (Å²) >= 11 is 10.7. The molecule has 1 saturated heterocycles.